The molecular formula is C73H147N2O6P. The number of nitrogens with one attached hydrogen (secondary N) is 1. The van der Waals surface area contributed by atoms with E-state index in [2.05, 4.69) is 31.3 Å². The van der Waals surface area contributed by atoms with Gasteiger partial charge in [0.25, 0.3) is 7.82 Å². The maximum Gasteiger partial charge on any atom is 0.268 e. The summed E-state index contributed by atoms with van der Waals surface area (Å²) in [6, 6.07) is -0.799. The summed E-state index contributed by atoms with van der Waals surface area (Å²) in [7, 11) is 1.33. The Morgan fingerprint density at radius 2 is 0.671 bits per heavy atom. The number of likely N-dealkylation sites (N-methyl/N-ethyl adjacent to an activating group) is 1. The van der Waals surface area contributed by atoms with Crippen molar-refractivity contribution in [3.8, 4) is 0 Å². The maximum atomic E-state index is 13.1. The lowest BCUT2D eigenvalue weighted by molar-refractivity contribution is -0.870. The van der Waals surface area contributed by atoms with Gasteiger partial charge in [0.15, 0.2) is 0 Å². The van der Waals surface area contributed by atoms with Gasteiger partial charge in [-0.25, -0.2) is 0 Å². The molecule has 9 heteroatoms. The third-order valence-corrected chi connectivity index (χ3v) is 18.5. The molecule has 3 unspecified atom stereocenters. The Hall–Kier alpha value is -0.760. The van der Waals surface area contributed by atoms with Gasteiger partial charge in [0.1, 0.15) is 13.2 Å². The second-order valence-corrected chi connectivity index (χ2v) is 28.4. The van der Waals surface area contributed by atoms with Gasteiger partial charge in [-0.15, -0.1) is 0 Å². The molecule has 0 spiro atoms. The Kier molecular flexibility index (Phi) is 64.1. The number of hydrogen-bond donors (Lipinski definition) is 2. The average Bonchev–Trinajstić information content (AvgIpc) is 3.46. The molecule has 490 valence electrons. The van der Waals surface area contributed by atoms with Crippen LogP contribution < -0.4 is 10.2 Å². The van der Waals surface area contributed by atoms with Crippen molar-refractivity contribution in [1.29, 1.82) is 0 Å². The number of carbonyl (C=O) groups excluding carboxylic acids is 1. The lowest BCUT2D eigenvalue weighted by Gasteiger charge is -2.30. The van der Waals surface area contributed by atoms with Crippen LogP contribution in [0.5, 0.6) is 0 Å². The van der Waals surface area contributed by atoms with Crippen LogP contribution in [0.15, 0.2) is 12.2 Å². The molecule has 3 atom stereocenters. The van der Waals surface area contributed by atoms with E-state index < -0.39 is 20.0 Å². The van der Waals surface area contributed by atoms with Crippen molar-refractivity contribution in [3.05, 3.63) is 12.2 Å². The molecule has 0 aromatic heterocycles. The molecule has 0 saturated carbocycles. The summed E-state index contributed by atoms with van der Waals surface area (Å²) in [4.78, 5) is 25.7. The third-order valence-electron chi connectivity index (χ3n) is 17.5. The SMILES string of the molecule is CCCCCCCCCCCCCCCCCCCC/C=C\CCCCCCCCCCCCCCCCCCCC(=O)NC(COP(=O)([O-])OCC[N+](C)(C)C)C(O)CCCCCCCCCCCCCCCCCCCCCCC. The molecule has 0 aliphatic carbocycles. The second-order valence-electron chi connectivity index (χ2n) is 27.0. The molecule has 0 aromatic rings. The number of quaternary nitrogens is 1. The molecule has 1 amide bonds. The Morgan fingerprint density at radius 3 is 0.951 bits per heavy atom. The lowest BCUT2D eigenvalue weighted by Crippen LogP contribution is -2.46. The largest absolute Gasteiger partial charge is 0.756 e. The zero-order chi connectivity index (χ0) is 59.8. The summed E-state index contributed by atoms with van der Waals surface area (Å²) < 4.78 is 23.5. The van der Waals surface area contributed by atoms with Crippen molar-refractivity contribution < 1.29 is 32.9 Å². The Bertz CT molecular complexity index is 1340. The predicted molar refractivity (Wildman–Crippen MR) is 358 cm³/mol. The first kappa shape index (κ1) is 81.2. The van der Waals surface area contributed by atoms with E-state index in [-0.39, 0.29) is 19.1 Å². The first-order valence-electron chi connectivity index (χ1n) is 37.0. The fourth-order valence-corrected chi connectivity index (χ4v) is 12.5. The van der Waals surface area contributed by atoms with E-state index in [4.69, 9.17) is 9.05 Å². The molecule has 0 bridgehead atoms. The topological polar surface area (TPSA) is 108 Å². The van der Waals surface area contributed by atoms with Crippen LogP contribution in [0, 0.1) is 0 Å². The fourth-order valence-electron chi connectivity index (χ4n) is 11.7. The molecule has 0 rings (SSSR count). The first-order valence-corrected chi connectivity index (χ1v) is 38.5. The average molecular weight is 1180 g/mol. The summed E-state index contributed by atoms with van der Waals surface area (Å²) in [6.45, 7) is 4.79. The molecule has 0 fully saturated rings. The fraction of sp³-hybridized carbons (Fsp3) is 0.959. The van der Waals surface area contributed by atoms with Crippen molar-refractivity contribution in [3.63, 3.8) is 0 Å². The van der Waals surface area contributed by atoms with Crippen LogP contribution in [0.4, 0.5) is 0 Å². The minimum Gasteiger partial charge on any atom is -0.756 e. The van der Waals surface area contributed by atoms with Gasteiger partial charge in [-0.2, -0.15) is 0 Å². The number of hydrogen-bond acceptors (Lipinski definition) is 6. The molecule has 2 N–H and O–H groups in total. The van der Waals surface area contributed by atoms with Crippen LogP contribution in [0.1, 0.15) is 399 Å². The Morgan fingerprint density at radius 1 is 0.415 bits per heavy atom. The summed E-state index contributed by atoms with van der Waals surface area (Å²) in [5, 5.41) is 14.1. The van der Waals surface area contributed by atoms with Crippen molar-refractivity contribution in [2.24, 2.45) is 0 Å². The summed E-state index contributed by atoms with van der Waals surface area (Å²) in [5.74, 6) is -0.155. The molecule has 0 aromatic carbocycles. The van der Waals surface area contributed by atoms with Gasteiger partial charge in [-0.1, -0.05) is 366 Å². The predicted octanol–water partition coefficient (Wildman–Crippen LogP) is 23.0. The van der Waals surface area contributed by atoms with Crippen molar-refractivity contribution in [1.82, 2.24) is 5.32 Å². The van der Waals surface area contributed by atoms with Crippen LogP contribution in [0.3, 0.4) is 0 Å². The van der Waals surface area contributed by atoms with Gasteiger partial charge in [0.2, 0.25) is 5.91 Å². The number of aliphatic hydroxyl groups excluding tert-OH is 1. The number of aliphatic hydroxyl groups is 1. The highest BCUT2D eigenvalue weighted by Gasteiger charge is 2.24. The van der Waals surface area contributed by atoms with E-state index in [1.807, 2.05) is 21.1 Å². The Labute approximate surface area is 513 Å². The van der Waals surface area contributed by atoms with E-state index in [9.17, 15) is 19.4 Å². The molecule has 0 radical (unpaired) electrons. The second kappa shape index (κ2) is 64.7. The first-order chi connectivity index (χ1) is 40.0. The number of nitrogens with zero attached hydrogens (tertiary/aromatic N) is 1. The van der Waals surface area contributed by atoms with Gasteiger partial charge in [-0.05, 0) is 38.5 Å². The quantitative estimate of drug-likeness (QED) is 0.0272. The van der Waals surface area contributed by atoms with E-state index in [0.29, 0.717) is 23.9 Å². The number of unbranched alkanes of at least 4 members (excludes halogenated alkanes) is 55. The van der Waals surface area contributed by atoms with E-state index in [0.717, 1.165) is 38.5 Å². The monoisotopic (exact) mass is 1180 g/mol. The maximum absolute atomic E-state index is 13.1. The van der Waals surface area contributed by atoms with Crippen LogP contribution in [0.2, 0.25) is 0 Å². The van der Waals surface area contributed by atoms with Gasteiger partial charge < -0.3 is 28.8 Å². The van der Waals surface area contributed by atoms with Gasteiger partial charge in [-0.3, -0.25) is 9.36 Å². The van der Waals surface area contributed by atoms with Gasteiger partial charge >= 0.3 is 0 Å². The number of amides is 1. The minimum atomic E-state index is -4.58. The molecule has 82 heavy (non-hydrogen) atoms. The highest BCUT2D eigenvalue weighted by molar-refractivity contribution is 7.45. The standard InChI is InChI=1S/C73H147N2O6P/c1-6-8-10-12-14-16-18-20-22-24-26-28-29-30-31-32-33-34-35-36-37-38-39-40-41-42-43-44-45-47-49-51-53-55-57-59-61-63-65-67-73(77)74-71(70-81-82(78,79)80-69-68-75(3,4)5)72(76)66-64-62-60-58-56-54-52-50-48-46-27-25-23-21-19-17-15-13-11-9-7-2/h36-37,71-72,76H,6-35,38-70H2,1-5H3,(H-,74,77,78,79)/b37-36-. The summed E-state index contributed by atoms with van der Waals surface area (Å²) in [5.41, 5.74) is 0. The summed E-state index contributed by atoms with van der Waals surface area (Å²) in [6.07, 6.45) is 83.2. The molecule has 0 aliphatic heterocycles. The molecule has 0 aliphatic rings. The van der Waals surface area contributed by atoms with Crippen LogP contribution in [-0.4, -0.2) is 68.5 Å². The van der Waals surface area contributed by atoms with Crippen molar-refractivity contribution in [2.45, 2.75) is 411 Å². The van der Waals surface area contributed by atoms with Crippen LogP contribution in [0.25, 0.3) is 0 Å². The molecular weight excluding hydrogens is 1030 g/mol. The molecule has 0 saturated heterocycles. The number of phosphoric ester groups is 1. The van der Waals surface area contributed by atoms with Crippen molar-refractivity contribution in [2.75, 3.05) is 40.9 Å². The van der Waals surface area contributed by atoms with Gasteiger partial charge in [0, 0.05) is 6.42 Å². The third kappa shape index (κ3) is 66.8. The highest BCUT2D eigenvalue weighted by Crippen LogP contribution is 2.38. The molecule has 8 nitrogen and oxygen atoms in total. The zero-order valence-corrected chi connectivity index (χ0v) is 57.1. The lowest BCUT2D eigenvalue weighted by atomic mass is 10.0. The van der Waals surface area contributed by atoms with Gasteiger partial charge in [0.05, 0.1) is 39.9 Å². The minimum absolute atomic E-state index is 0.0157. The molecule has 0 heterocycles. The van der Waals surface area contributed by atoms with E-state index in [1.165, 1.54) is 334 Å². The van der Waals surface area contributed by atoms with Crippen LogP contribution >= 0.6 is 7.82 Å². The van der Waals surface area contributed by atoms with Crippen LogP contribution in [-0.2, 0) is 18.4 Å². The van der Waals surface area contributed by atoms with E-state index >= 15 is 0 Å². The zero-order valence-electron chi connectivity index (χ0n) is 56.2. The van der Waals surface area contributed by atoms with Crippen molar-refractivity contribution >= 4 is 13.7 Å². The summed E-state index contributed by atoms with van der Waals surface area (Å²) >= 11 is 0. The normalized spacial score (nSPS) is 13.6. The number of carbonyl (C=O) groups is 1. The number of rotatable bonds is 70. The highest BCUT2D eigenvalue weighted by atomic mass is 31.2. The number of allylic oxidation sites excluding steroid dienone is 2. The number of phosphoric acid groups is 1. The van der Waals surface area contributed by atoms with E-state index in [1.54, 1.807) is 0 Å². The smallest absolute Gasteiger partial charge is 0.268 e. The Balaban J connectivity index is 3.89.